The van der Waals surface area contributed by atoms with E-state index >= 15 is 0 Å². The van der Waals surface area contributed by atoms with Gasteiger partial charge in [-0.1, -0.05) is 65.0 Å². The van der Waals surface area contributed by atoms with Crippen LogP contribution in [-0.4, -0.2) is 61.2 Å². The summed E-state index contributed by atoms with van der Waals surface area (Å²) in [6.45, 7) is 25.5. The molecule has 5 fully saturated rings. The third-order valence-electron chi connectivity index (χ3n) is 16.7. The first-order chi connectivity index (χ1) is 23.7. The summed E-state index contributed by atoms with van der Waals surface area (Å²) in [5.74, 6) is 2.70. The van der Waals surface area contributed by atoms with Gasteiger partial charge in [0.25, 0.3) is 0 Å². The van der Waals surface area contributed by atoms with Gasteiger partial charge in [-0.25, -0.2) is 4.79 Å². The highest BCUT2D eigenvalue weighted by atomic mass is 16.4. The highest BCUT2D eigenvalue weighted by Crippen LogP contribution is 2.77. The topological polar surface area (TPSA) is 81.7 Å². The van der Waals surface area contributed by atoms with Crippen molar-refractivity contribution in [2.75, 3.05) is 39.3 Å². The summed E-state index contributed by atoms with van der Waals surface area (Å²) < 4.78 is 0. The molecule has 9 atom stereocenters. The SMILES string of the molecule is C=C(C)[C@@H]1CC[C@]2(CNCCCN3CCNC(=O)C3)CC[C@]3(C)[C@H](CC[C@@H]4[C@@]5(C)CC=C(c6ccc(C(=O)O)cc6)C(C)(C)[C@@H]5CC[C@]43C)[C@@H]12. The van der Waals surface area contributed by atoms with E-state index in [0.717, 1.165) is 51.5 Å². The third-order valence-corrected chi connectivity index (χ3v) is 16.7. The molecule has 7 rings (SSSR count). The Hall–Kier alpha value is -2.44. The van der Waals surface area contributed by atoms with Crippen LogP contribution < -0.4 is 10.6 Å². The zero-order valence-corrected chi connectivity index (χ0v) is 32.0. The van der Waals surface area contributed by atoms with Crippen molar-refractivity contribution in [2.24, 2.45) is 56.7 Å². The monoisotopic (exact) mass is 684 g/mol. The average Bonchev–Trinajstić information content (AvgIpc) is 3.45. The Morgan fingerprint density at radius 3 is 2.44 bits per heavy atom. The number of carboxylic acids is 1. The number of rotatable bonds is 9. The Balaban J connectivity index is 1.11. The molecule has 6 nitrogen and oxygen atoms in total. The Bertz CT molecular complexity index is 1530. The number of fused-ring (bicyclic) bond motifs is 7. The molecule has 50 heavy (non-hydrogen) atoms. The lowest BCUT2D eigenvalue weighted by molar-refractivity contribution is -0.225. The molecule has 0 unspecified atom stereocenters. The minimum Gasteiger partial charge on any atom is -0.478 e. The molecular formula is C44H65N3O3. The number of nitrogens with zero attached hydrogens (tertiary/aromatic N) is 1. The van der Waals surface area contributed by atoms with Crippen molar-refractivity contribution >= 4 is 17.4 Å². The molecule has 0 aromatic heterocycles. The molecule has 1 saturated heterocycles. The lowest BCUT2D eigenvalue weighted by Gasteiger charge is -2.72. The van der Waals surface area contributed by atoms with E-state index in [0.29, 0.717) is 52.0 Å². The fourth-order valence-corrected chi connectivity index (χ4v) is 14.1. The molecule has 274 valence electrons. The van der Waals surface area contributed by atoms with Crippen molar-refractivity contribution in [3.63, 3.8) is 0 Å². The maximum absolute atomic E-state index is 11.8. The van der Waals surface area contributed by atoms with E-state index in [1.165, 1.54) is 68.1 Å². The normalized spacial score (nSPS) is 40.8. The molecule has 1 aromatic rings. The van der Waals surface area contributed by atoms with Crippen molar-refractivity contribution in [2.45, 2.75) is 106 Å². The van der Waals surface area contributed by atoms with Gasteiger partial charge in [-0.2, -0.15) is 0 Å². The van der Waals surface area contributed by atoms with Gasteiger partial charge in [-0.05, 0) is 164 Å². The molecule has 1 heterocycles. The van der Waals surface area contributed by atoms with Crippen LogP contribution in [0.4, 0.5) is 0 Å². The first-order valence-electron chi connectivity index (χ1n) is 20.1. The first kappa shape index (κ1) is 35.9. The van der Waals surface area contributed by atoms with E-state index in [4.69, 9.17) is 0 Å². The van der Waals surface area contributed by atoms with Gasteiger partial charge in [-0.15, -0.1) is 0 Å². The maximum atomic E-state index is 11.8. The van der Waals surface area contributed by atoms with E-state index in [2.05, 4.69) is 69.7 Å². The molecule has 1 aliphatic heterocycles. The van der Waals surface area contributed by atoms with Crippen LogP contribution >= 0.6 is 0 Å². The maximum Gasteiger partial charge on any atom is 0.335 e. The van der Waals surface area contributed by atoms with E-state index in [-0.39, 0.29) is 16.7 Å². The van der Waals surface area contributed by atoms with Gasteiger partial charge >= 0.3 is 5.97 Å². The number of nitrogens with one attached hydrogen (secondary N) is 2. The Kier molecular flexibility index (Phi) is 9.27. The van der Waals surface area contributed by atoms with E-state index in [1.54, 1.807) is 12.1 Å². The summed E-state index contributed by atoms with van der Waals surface area (Å²) >= 11 is 0. The van der Waals surface area contributed by atoms with Gasteiger partial charge in [-0.3, -0.25) is 9.69 Å². The van der Waals surface area contributed by atoms with E-state index in [9.17, 15) is 14.7 Å². The molecule has 0 spiro atoms. The standard InChI is InChI=1S/C44H65N3O3/c1-29(2)32-15-20-44(28-45-23-8-25-47-26-24-46-37(48)27-47)22-21-42(6)34(38(32)44)13-14-36-41(5)18-16-33(30-9-11-31(12-10-30)39(49)50)40(3,4)35(41)17-19-43(36,42)7/h9-12,16,32,34-36,38,45H,1,8,13-15,17-28H2,2-7H3,(H,46,48)(H,49,50)/t32-,34+,35-,36+,38+,41-,42+,43+,44+/m0/s1. The van der Waals surface area contributed by atoms with Gasteiger partial charge in [0.05, 0.1) is 12.1 Å². The van der Waals surface area contributed by atoms with Crippen molar-refractivity contribution in [1.82, 2.24) is 15.5 Å². The quantitative estimate of drug-likeness (QED) is 0.180. The summed E-state index contributed by atoms with van der Waals surface area (Å²) in [4.78, 5) is 25.7. The Morgan fingerprint density at radius 1 is 0.980 bits per heavy atom. The van der Waals surface area contributed by atoms with Crippen LogP contribution in [0.2, 0.25) is 0 Å². The molecule has 0 radical (unpaired) electrons. The Morgan fingerprint density at radius 2 is 1.74 bits per heavy atom. The van der Waals surface area contributed by atoms with Crippen LogP contribution in [-0.2, 0) is 4.79 Å². The van der Waals surface area contributed by atoms with Crippen LogP contribution in [0.5, 0.6) is 0 Å². The van der Waals surface area contributed by atoms with Crippen LogP contribution in [0.15, 0.2) is 42.5 Å². The molecule has 1 amide bonds. The number of piperazine rings is 1. The van der Waals surface area contributed by atoms with Gasteiger partial charge in [0.2, 0.25) is 5.91 Å². The number of carbonyl (C=O) groups is 2. The largest absolute Gasteiger partial charge is 0.478 e. The molecule has 4 saturated carbocycles. The smallest absolute Gasteiger partial charge is 0.335 e. The summed E-state index contributed by atoms with van der Waals surface area (Å²) in [6.07, 6.45) is 15.3. The van der Waals surface area contributed by atoms with Gasteiger partial charge in [0, 0.05) is 19.6 Å². The molecule has 6 aliphatic rings. The summed E-state index contributed by atoms with van der Waals surface area (Å²) in [7, 11) is 0. The number of hydrogen-bond acceptors (Lipinski definition) is 4. The van der Waals surface area contributed by atoms with Crippen molar-refractivity contribution in [1.29, 1.82) is 0 Å². The number of amides is 1. The van der Waals surface area contributed by atoms with Crippen molar-refractivity contribution in [3.8, 4) is 0 Å². The lowest BCUT2D eigenvalue weighted by Crippen LogP contribution is -2.65. The van der Waals surface area contributed by atoms with Crippen molar-refractivity contribution in [3.05, 3.63) is 53.6 Å². The van der Waals surface area contributed by atoms with Crippen LogP contribution in [0.3, 0.4) is 0 Å². The molecule has 1 aromatic carbocycles. The van der Waals surface area contributed by atoms with Gasteiger partial charge in [0.15, 0.2) is 0 Å². The summed E-state index contributed by atoms with van der Waals surface area (Å²) in [5.41, 5.74) is 5.66. The zero-order chi connectivity index (χ0) is 35.7. The summed E-state index contributed by atoms with van der Waals surface area (Å²) in [5, 5.41) is 16.4. The number of carbonyl (C=O) groups excluding carboxylic acids is 1. The second kappa shape index (κ2) is 12.9. The van der Waals surface area contributed by atoms with E-state index in [1.807, 2.05) is 12.1 Å². The predicted octanol–water partition coefficient (Wildman–Crippen LogP) is 8.45. The highest BCUT2D eigenvalue weighted by Gasteiger charge is 2.70. The number of allylic oxidation sites excluding steroid dienone is 3. The number of aromatic carboxylic acids is 1. The fraction of sp³-hybridized carbons (Fsp3) is 0.727. The summed E-state index contributed by atoms with van der Waals surface area (Å²) in [6, 6.07) is 7.63. The molecule has 5 aliphatic carbocycles. The highest BCUT2D eigenvalue weighted by molar-refractivity contribution is 5.88. The Labute approximate surface area is 302 Å². The molecule has 0 bridgehead atoms. The van der Waals surface area contributed by atoms with Crippen LogP contribution in [0.25, 0.3) is 5.57 Å². The second-order valence-electron chi connectivity index (χ2n) is 19.1. The molecule has 6 heteroatoms. The zero-order valence-electron chi connectivity index (χ0n) is 32.0. The number of benzene rings is 1. The van der Waals surface area contributed by atoms with Crippen LogP contribution in [0, 0.1) is 56.7 Å². The first-order valence-corrected chi connectivity index (χ1v) is 20.1. The fourth-order valence-electron chi connectivity index (χ4n) is 14.1. The lowest BCUT2D eigenvalue weighted by atomic mass is 9.32. The van der Waals surface area contributed by atoms with Gasteiger partial charge < -0.3 is 15.7 Å². The van der Waals surface area contributed by atoms with E-state index < -0.39 is 5.97 Å². The second-order valence-corrected chi connectivity index (χ2v) is 19.1. The minimum atomic E-state index is -0.860. The minimum absolute atomic E-state index is 0.0289. The molecule has 3 N–H and O–H groups in total. The van der Waals surface area contributed by atoms with Crippen molar-refractivity contribution < 1.29 is 14.7 Å². The third kappa shape index (κ3) is 5.56. The number of hydrogen-bond donors (Lipinski definition) is 3. The molecular weight excluding hydrogens is 619 g/mol. The average molecular weight is 684 g/mol. The van der Waals surface area contributed by atoms with Crippen LogP contribution in [0.1, 0.15) is 122 Å². The van der Waals surface area contributed by atoms with Gasteiger partial charge in [0.1, 0.15) is 0 Å². The predicted molar refractivity (Wildman–Crippen MR) is 203 cm³/mol. The number of carboxylic acid groups (broad SMARTS) is 1.